The van der Waals surface area contributed by atoms with E-state index in [1.165, 1.54) is 24.3 Å². The fraction of sp³-hybridized carbons (Fsp3) is 0.167. The van der Waals surface area contributed by atoms with Crippen molar-refractivity contribution in [3.63, 3.8) is 0 Å². The molecule has 0 unspecified atom stereocenters. The molecule has 0 fully saturated rings. The Morgan fingerprint density at radius 1 is 0.596 bits per heavy atom. The van der Waals surface area contributed by atoms with E-state index < -0.39 is 5.91 Å². The minimum atomic E-state index is -0.647. The molecule has 47 heavy (non-hydrogen) atoms. The summed E-state index contributed by atoms with van der Waals surface area (Å²) >= 11 is 0. The van der Waals surface area contributed by atoms with Gasteiger partial charge in [-0.25, -0.2) is 5.48 Å². The highest BCUT2D eigenvalue weighted by Gasteiger charge is 2.09. The third-order valence-electron chi connectivity index (χ3n) is 6.80. The minimum Gasteiger partial charge on any atom is -0.493 e. The second-order valence-corrected chi connectivity index (χ2v) is 10.1. The summed E-state index contributed by atoms with van der Waals surface area (Å²) in [4.78, 5) is 56.2. The molecule has 240 valence electrons. The van der Waals surface area contributed by atoms with Crippen LogP contribution in [0.15, 0.2) is 107 Å². The van der Waals surface area contributed by atoms with Crippen molar-refractivity contribution in [3.05, 3.63) is 130 Å². The Morgan fingerprint density at radius 2 is 0.979 bits per heavy atom. The van der Waals surface area contributed by atoms with E-state index in [1.807, 2.05) is 48.5 Å². The quantitative estimate of drug-likeness (QED) is 0.0534. The van der Waals surface area contributed by atoms with Crippen LogP contribution in [0.1, 0.15) is 59.0 Å². The van der Waals surface area contributed by atoms with E-state index in [2.05, 4.69) is 15.3 Å². The molecule has 0 spiro atoms. The van der Waals surface area contributed by atoms with Gasteiger partial charge in [0.05, 0.1) is 13.2 Å². The van der Waals surface area contributed by atoms with Crippen molar-refractivity contribution in [1.82, 2.24) is 10.8 Å². The Morgan fingerprint density at radius 3 is 1.36 bits per heavy atom. The number of carbonyl (C=O) groups is 4. The molecule has 0 aromatic heterocycles. The molecule has 0 heterocycles. The lowest BCUT2D eigenvalue weighted by molar-refractivity contribution is 0.0706. The van der Waals surface area contributed by atoms with Crippen molar-refractivity contribution in [2.45, 2.75) is 6.42 Å². The third-order valence-corrected chi connectivity index (χ3v) is 6.80. The van der Waals surface area contributed by atoms with Crippen molar-refractivity contribution in [3.8, 4) is 11.5 Å². The monoisotopic (exact) mass is 634 g/mol. The zero-order valence-electron chi connectivity index (χ0n) is 25.7. The first-order valence-electron chi connectivity index (χ1n) is 14.7. The molecule has 11 nitrogen and oxygen atoms in total. The van der Waals surface area contributed by atoms with Crippen LogP contribution < -0.4 is 20.3 Å². The predicted molar refractivity (Wildman–Crippen MR) is 178 cm³/mol. The maximum Gasteiger partial charge on any atom is 0.274 e. The Labute approximate surface area is 271 Å². The molecule has 4 aromatic rings. The number of nitrogens with one attached hydrogen (secondary N) is 2. The van der Waals surface area contributed by atoms with E-state index in [0.717, 1.165) is 11.1 Å². The molecule has 3 N–H and O–H groups in total. The van der Waals surface area contributed by atoms with Crippen LogP contribution in [0.25, 0.3) is 0 Å². The Hall–Kier alpha value is -5.94. The molecule has 0 aliphatic heterocycles. The number of Topliss-reactive ketones (excluding diaryl/α,β-unsaturated/α-hetero) is 2. The first-order chi connectivity index (χ1) is 22.9. The zero-order chi connectivity index (χ0) is 33.4. The van der Waals surface area contributed by atoms with Gasteiger partial charge in [-0.1, -0.05) is 24.3 Å². The summed E-state index contributed by atoms with van der Waals surface area (Å²) in [7, 11) is 1.55. The second kappa shape index (κ2) is 17.5. The fourth-order valence-corrected chi connectivity index (χ4v) is 4.21. The van der Waals surface area contributed by atoms with E-state index in [-0.39, 0.29) is 36.1 Å². The number of ether oxygens (including phenoxy) is 2. The molecule has 0 bridgehead atoms. The van der Waals surface area contributed by atoms with Gasteiger partial charge in [-0.15, -0.1) is 0 Å². The highest BCUT2D eigenvalue weighted by molar-refractivity contribution is 6.01. The number of benzene rings is 4. The van der Waals surface area contributed by atoms with Gasteiger partial charge in [0.2, 0.25) is 0 Å². The van der Waals surface area contributed by atoms with Gasteiger partial charge in [-0.2, -0.15) is 0 Å². The van der Waals surface area contributed by atoms with Gasteiger partial charge in [0.25, 0.3) is 11.8 Å². The van der Waals surface area contributed by atoms with Crippen molar-refractivity contribution in [2.75, 3.05) is 33.4 Å². The molecule has 0 atom stereocenters. The van der Waals surface area contributed by atoms with Crippen molar-refractivity contribution >= 4 is 35.8 Å². The van der Waals surface area contributed by atoms with E-state index in [1.54, 1.807) is 49.2 Å². The maximum absolute atomic E-state index is 12.4. The number of ketones is 2. The molecule has 4 rings (SSSR count). The van der Waals surface area contributed by atoms with E-state index >= 15 is 0 Å². The number of hydrogen-bond donors (Lipinski definition) is 3. The van der Waals surface area contributed by atoms with Crippen LogP contribution in [0, 0.1) is 0 Å². The van der Waals surface area contributed by atoms with Gasteiger partial charge in [-0.05, 0) is 83.9 Å². The van der Waals surface area contributed by atoms with Crippen molar-refractivity contribution in [2.24, 2.45) is 9.98 Å². The number of amides is 2. The summed E-state index contributed by atoms with van der Waals surface area (Å²) in [6.45, 7) is 0.895. The zero-order valence-corrected chi connectivity index (χ0v) is 25.7. The normalized spacial score (nSPS) is 10.9. The predicted octanol–water partition coefficient (Wildman–Crippen LogP) is 4.62. The summed E-state index contributed by atoms with van der Waals surface area (Å²) in [6.07, 6.45) is 3.91. The van der Waals surface area contributed by atoms with E-state index in [4.69, 9.17) is 14.7 Å². The van der Waals surface area contributed by atoms with Crippen molar-refractivity contribution < 1.29 is 33.9 Å². The molecule has 0 saturated heterocycles. The summed E-state index contributed by atoms with van der Waals surface area (Å²) in [5.74, 6) is 0.223. The van der Waals surface area contributed by atoms with Gasteiger partial charge in [0, 0.05) is 48.2 Å². The molecule has 2 amide bonds. The van der Waals surface area contributed by atoms with Gasteiger partial charge < -0.3 is 14.8 Å². The van der Waals surface area contributed by atoms with Gasteiger partial charge >= 0.3 is 0 Å². The first-order valence-corrected chi connectivity index (χ1v) is 14.7. The highest BCUT2D eigenvalue weighted by Crippen LogP contribution is 2.14. The van der Waals surface area contributed by atoms with Gasteiger partial charge in [0.15, 0.2) is 11.6 Å². The minimum absolute atomic E-state index is 0.00204. The fourth-order valence-electron chi connectivity index (χ4n) is 4.21. The number of nitrogens with zero attached hydrogens (tertiary/aromatic N) is 2. The molecule has 0 aliphatic rings. The van der Waals surface area contributed by atoms with Crippen LogP contribution in [-0.2, 0) is 0 Å². The standard InChI is InChI=1S/C36H34N4O7/c1-37-35(43)29-11-7-27(8-12-29)33(41)23-38-21-25-3-15-31(16-4-25)46-19-2-20-47-32-17-5-26(6-18-32)22-39-24-34(42)28-9-13-30(14-10-28)36(44)40-45/h3-18,21-22,45H,2,19-20,23-24H2,1H3,(H,37,43)(H,40,44). The van der Waals surface area contributed by atoms with Crippen LogP contribution in [0.3, 0.4) is 0 Å². The van der Waals surface area contributed by atoms with Crippen LogP contribution in [0.2, 0.25) is 0 Å². The van der Waals surface area contributed by atoms with Crippen LogP contribution in [0.4, 0.5) is 0 Å². The average Bonchev–Trinajstić information content (AvgIpc) is 3.12. The van der Waals surface area contributed by atoms with E-state index in [9.17, 15) is 19.2 Å². The van der Waals surface area contributed by atoms with Gasteiger partial charge in [-0.3, -0.25) is 34.4 Å². The largest absolute Gasteiger partial charge is 0.493 e. The van der Waals surface area contributed by atoms with Crippen molar-refractivity contribution in [1.29, 1.82) is 0 Å². The van der Waals surface area contributed by atoms with Crippen LogP contribution in [0.5, 0.6) is 11.5 Å². The number of rotatable bonds is 16. The lowest BCUT2D eigenvalue weighted by atomic mass is 10.1. The van der Waals surface area contributed by atoms with Crippen LogP contribution >= 0.6 is 0 Å². The highest BCUT2D eigenvalue weighted by atomic mass is 16.5. The SMILES string of the molecule is CNC(=O)c1ccc(C(=O)CN=Cc2ccc(OCCCOc3ccc(C=NCC(=O)c4ccc(C(=O)NO)cc4)cc3)cc2)cc1. The molecule has 0 saturated carbocycles. The number of hydroxylamine groups is 1. The van der Waals surface area contributed by atoms with Gasteiger partial charge in [0.1, 0.15) is 24.6 Å². The second-order valence-electron chi connectivity index (χ2n) is 10.1. The lowest BCUT2D eigenvalue weighted by Crippen LogP contribution is -2.18. The number of carbonyl (C=O) groups excluding carboxylic acids is 4. The Kier molecular flexibility index (Phi) is 12.7. The van der Waals surface area contributed by atoms with E-state index in [0.29, 0.717) is 47.8 Å². The first kappa shape index (κ1) is 33.9. The van der Waals surface area contributed by atoms with Crippen LogP contribution in [-0.4, -0.2) is 74.4 Å². The molecular weight excluding hydrogens is 600 g/mol. The molecule has 11 heteroatoms. The number of aliphatic imine (C=N–C) groups is 2. The molecule has 4 aromatic carbocycles. The third kappa shape index (κ3) is 10.6. The number of hydrogen-bond acceptors (Lipinski definition) is 9. The molecule has 0 aliphatic carbocycles. The summed E-state index contributed by atoms with van der Waals surface area (Å²) in [5.41, 5.74) is 4.85. The summed E-state index contributed by atoms with van der Waals surface area (Å²) in [5, 5.41) is 11.2. The summed E-state index contributed by atoms with van der Waals surface area (Å²) < 4.78 is 11.6. The molecular formula is C36H34N4O7. The average molecular weight is 635 g/mol. The Bertz CT molecular complexity index is 1590. The maximum atomic E-state index is 12.4. The topological polar surface area (TPSA) is 156 Å². The molecule has 0 radical (unpaired) electrons. The smallest absolute Gasteiger partial charge is 0.274 e. The summed E-state index contributed by atoms with van der Waals surface area (Å²) in [6, 6.07) is 27.1. The lowest BCUT2D eigenvalue weighted by Gasteiger charge is -2.08. The Balaban J connectivity index is 1.11.